The molecule has 1 aromatic heterocycles. The lowest BCUT2D eigenvalue weighted by Gasteiger charge is -2.33. The number of carbonyl (C=O) groups is 1. The maximum Gasteiger partial charge on any atom is 0.284 e. The molecule has 144 valence electrons. The lowest BCUT2D eigenvalue weighted by atomic mass is 9.84. The minimum atomic E-state index is -1.59. The number of benzene rings is 1. The van der Waals surface area contributed by atoms with E-state index in [2.05, 4.69) is 21.2 Å². The molecule has 1 aromatic carbocycles. The summed E-state index contributed by atoms with van der Waals surface area (Å²) >= 11 is 0. The van der Waals surface area contributed by atoms with E-state index in [-0.39, 0.29) is 29.4 Å². The first kappa shape index (κ1) is 19.2. The van der Waals surface area contributed by atoms with E-state index >= 15 is 0 Å². The van der Waals surface area contributed by atoms with Gasteiger partial charge >= 0.3 is 0 Å². The van der Waals surface area contributed by atoms with Crippen LogP contribution in [0.3, 0.4) is 0 Å². The van der Waals surface area contributed by atoms with E-state index in [1.807, 2.05) is 0 Å². The molecule has 0 fully saturated rings. The van der Waals surface area contributed by atoms with E-state index in [0.717, 1.165) is 18.3 Å². The molecule has 3 N–H and O–H groups in total. The number of ether oxygens (including phenoxy) is 1. The van der Waals surface area contributed by atoms with Crippen LogP contribution >= 0.6 is 0 Å². The quantitative estimate of drug-likeness (QED) is 0.788. The number of carbonyl (C=O) groups excluding carboxylic acids is 1. The van der Waals surface area contributed by atoms with E-state index in [4.69, 9.17) is 16.9 Å². The maximum atomic E-state index is 14.5. The molecular weight excluding hydrogens is 373 g/mol. The number of halogens is 3. The second-order valence-corrected chi connectivity index (χ2v) is 6.06. The number of pyridine rings is 1. The van der Waals surface area contributed by atoms with Crippen molar-refractivity contribution in [1.29, 1.82) is 0 Å². The van der Waals surface area contributed by atoms with Crippen LogP contribution in [0.25, 0.3) is 0 Å². The zero-order valence-corrected chi connectivity index (χ0v) is 14.5. The molecule has 3 rings (SSSR count). The Balaban J connectivity index is 1.95. The molecule has 0 aliphatic carbocycles. The molecular formula is C19H15F3N4O2. The monoisotopic (exact) mass is 388 g/mol. The van der Waals surface area contributed by atoms with Crippen molar-refractivity contribution in [2.75, 3.05) is 12.0 Å². The molecule has 0 bridgehead atoms. The molecule has 6 nitrogen and oxygen atoms in total. The Morgan fingerprint density at radius 2 is 2.18 bits per heavy atom. The number of aliphatic imine (C=N–C) groups is 1. The number of amides is 1. The molecule has 9 heteroatoms. The fourth-order valence-electron chi connectivity index (χ4n) is 2.85. The highest BCUT2D eigenvalue weighted by Crippen LogP contribution is 2.37. The third-order valence-electron chi connectivity index (χ3n) is 4.15. The largest absolute Gasteiger partial charge is 0.459 e. The molecule has 0 radical (unpaired) electrons. The van der Waals surface area contributed by atoms with E-state index in [1.165, 1.54) is 18.2 Å². The summed E-state index contributed by atoms with van der Waals surface area (Å²) < 4.78 is 45.7. The average Bonchev–Trinajstić information content (AvgIpc) is 2.69. The molecule has 28 heavy (non-hydrogen) atoms. The summed E-state index contributed by atoms with van der Waals surface area (Å²) in [5.41, 5.74) is 4.09. The number of alkyl halides is 1. The molecule has 0 saturated heterocycles. The van der Waals surface area contributed by atoms with Gasteiger partial charge in [-0.25, -0.2) is 23.1 Å². The van der Waals surface area contributed by atoms with Crippen molar-refractivity contribution in [2.24, 2.45) is 10.7 Å². The number of rotatable bonds is 4. The Bertz CT molecular complexity index is 972. The Labute approximate surface area is 158 Å². The molecule has 1 aliphatic rings. The summed E-state index contributed by atoms with van der Waals surface area (Å²) in [6.07, 6.45) is 5.37. The first-order valence-corrected chi connectivity index (χ1v) is 8.15. The molecule has 0 saturated carbocycles. The molecule has 2 atom stereocenters. The zero-order valence-electron chi connectivity index (χ0n) is 14.5. The number of terminal acetylenes is 1. The smallest absolute Gasteiger partial charge is 0.284 e. The molecule has 2 aromatic rings. The number of amidine groups is 1. The standard InChI is InChI=1S/C19H15F3N4O2/c1-2-19(8-13(9-20)28-18(23)26-19)14-7-12(4-5-15(14)22)25-17(27)16-6-3-11(21)10-24-16/h1,3-7,10,13H,8-9H2,(H2,23,26)(H,25,27). The van der Waals surface area contributed by atoms with Crippen LogP contribution in [0.5, 0.6) is 0 Å². The number of anilines is 1. The first-order valence-electron chi connectivity index (χ1n) is 8.15. The SMILES string of the molecule is C#CC1(c2cc(NC(=O)c3ccc(F)cn3)ccc2F)CC(CF)OC(N)=N1. The van der Waals surface area contributed by atoms with Gasteiger partial charge in [-0.2, -0.15) is 0 Å². The number of hydrogen-bond donors (Lipinski definition) is 2. The van der Waals surface area contributed by atoms with Crippen molar-refractivity contribution in [3.8, 4) is 12.3 Å². The van der Waals surface area contributed by atoms with Gasteiger partial charge in [0, 0.05) is 17.7 Å². The van der Waals surface area contributed by atoms with Crippen molar-refractivity contribution < 1.29 is 22.7 Å². The fraction of sp³-hybridized carbons (Fsp3) is 0.211. The van der Waals surface area contributed by atoms with Crippen LogP contribution in [0.1, 0.15) is 22.5 Å². The van der Waals surface area contributed by atoms with Gasteiger partial charge in [0.05, 0.1) is 6.20 Å². The van der Waals surface area contributed by atoms with Crippen LogP contribution in [0.4, 0.5) is 18.9 Å². The van der Waals surface area contributed by atoms with Crippen molar-refractivity contribution in [3.05, 3.63) is 59.4 Å². The van der Waals surface area contributed by atoms with E-state index in [1.54, 1.807) is 0 Å². The number of aromatic nitrogens is 1. The van der Waals surface area contributed by atoms with Crippen molar-refractivity contribution in [3.63, 3.8) is 0 Å². The highest BCUT2D eigenvalue weighted by molar-refractivity contribution is 6.02. The minimum absolute atomic E-state index is 0.0373. The average molecular weight is 388 g/mol. The molecule has 2 unspecified atom stereocenters. The van der Waals surface area contributed by atoms with Gasteiger partial charge in [-0.05, 0) is 30.3 Å². The number of hydrogen-bond acceptors (Lipinski definition) is 5. The van der Waals surface area contributed by atoms with Gasteiger partial charge in [-0.15, -0.1) is 6.42 Å². The lowest BCUT2D eigenvalue weighted by molar-refractivity contribution is 0.101. The first-order chi connectivity index (χ1) is 13.4. The van der Waals surface area contributed by atoms with Gasteiger partial charge in [0.1, 0.15) is 30.1 Å². The van der Waals surface area contributed by atoms with Crippen LogP contribution < -0.4 is 11.1 Å². The highest BCUT2D eigenvalue weighted by Gasteiger charge is 2.40. The lowest BCUT2D eigenvalue weighted by Crippen LogP contribution is -2.41. The van der Waals surface area contributed by atoms with Crippen LogP contribution in [-0.4, -0.2) is 29.7 Å². The van der Waals surface area contributed by atoms with Gasteiger partial charge in [-0.1, -0.05) is 5.92 Å². The van der Waals surface area contributed by atoms with Gasteiger partial charge < -0.3 is 15.8 Å². The van der Waals surface area contributed by atoms with Crippen LogP contribution in [0, 0.1) is 24.0 Å². The van der Waals surface area contributed by atoms with E-state index in [0.29, 0.717) is 0 Å². The third-order valence-corrected chi connectivity index (χ3v) is 4.15. The Hall–Kier alpha value is -3.54. The Morgan fingerprint density at radius 1 is 1.39 bits per heavy atom. The summed E-state index contributed by atoms with van der Waals surface area (Å²) in [5.74, 6) is 0.441. The van der Waals surface area contributed by atoms with Gasteiger partial charge in [0.2, 0.25) is 0 Å². The van der Waals surface area contributed by atoms with Crippen LogP contribution in [0.15, 0.2) is 41.5 Å². The van der Waals surface area contributed by atoms with Crippen LogP contribution in [0.2, 0.25) is 0 Å². The van der Waals surface area contributed by atoms with Crippen molar-refractivity contribution in [2.45, 2.75) is 18.1 Å². The van der Waals surface area contributed by atoms with E-state index < -0.39 is 35.9 Å². The number of nitrogens with zero attached hydrogens (tertiary/aromatic N) is 2. The normalized spacial score (nSPS) is 21.2. The second kappa shape index (κ2) is 7.60. The predicted octanol–water partition coefficient (Wildman–Crippen LogP) is 2.51. The topological polar surface area (TPSA) is 89.6 Å². The minimum Gasteiger partial charge on any atom is -0.459 e. The number of nitrogens with one attached hydrogen (secondary N) is 1. The third kappa shape index (κ3) is 3.76. The van der Waals surface area contributed by atoms with Gasteiger partial charge in [0.25, 0.3) is 11.9 Å². The number of nitrogens with two attached hydrogens (primary N) is 1. The van der Waals surface area contributed by atoms with Gasteiger partial charge in [-0.3, -0.25) is 4.79 Å². The zero-order chi connectivity index (χ0) is 20.3. The van der Waals surface area contributed by atoms with Crippen molar-refractivity contribution >= 4 is 17.6 Å². The molecule has 2 heterocycles. The maximum absolute atomic E-state index is 14.5. The van der Waals surface area contributed by atoms with E-state index in [9.17, 15) is 18.0 Å². The summed E-state index contributed by atoms with van der Waals surface area (Å²) in [7, 11) is 0. The summed E-state index contributed by atoms with van der Waals surface area (Å²) in [6.45, 7) is -0.881. The van der Waals surface area contributed by atoms with Crippen LogP contribution in [-0.2, 0) is 10.3 Å². The molecule has 1 amide bonds. The Morgan fingerprint density at radius 3 is 2.82 bits per heavy atom. The summed E-state index contributed by atoms with van der Waals surface area (Å²) in [6, 6.07) is 5.62. The highest BCUT2D eigenvalue weighted by atomic mass is 19.1. The summed E-state index contributed by atoms with van der Waals surface area (Å²) in [5, 5.41) is 2.52. The fourth-order valence-corrected chi connectivity index (χ4v) is 2.85. The predicted molar refractivity (Wildman–Crippen MR) is 96.1 cm³/mol. The molecule has 0 spiro atoms. The second-order valence-electron chi connectivity index (χ2n) is 6.06. The van der Waals surface area contributed by atoms with Crippen molar-refractivity contribution in [1.82, 2.24) is 4.98 Å². The Kier molecular flexibility index (Phi) is 5.22. The molecule has 1 aliphatic heterocycles. The van der Waals surface area contributed by atoms with Gasteiger partial charge in [0.15, 0.2) is 5.54 Å². The summed E-state index contributed by atoms with van der Waals surface area (Å²) in [4.78, 5) is 19.9.